The molecule has 1 saturated heterocycles. The van der Waals surface area contributed by atoms with Crippen LogP contribution in [0.4, 0.5) is 26.1 Å². The topological polar surface area (TPSA) is 114 Å². The number of nitrogens with two attached hydrogens (primary N) is 1. The smallest absolute Gasteiger partial charge is 0.229 e. The van der Waals surface area contributed by atoms with Crippen LogP contribution in [0, 0.1) is 17.6 Å². The van der Waals surface area contributed by atoms with Crippen LogP contribution < -0.4 is 16.0 Å². The molecule has 5 rings (SSSR count). The lowest BCUT2D eigenvalue weighted by Gasteiger charge is -2.40. The fourth-order valence-corrected chi connectivity index (χ4v) is 4.61. The molecule has 0 spiro atoms. The predicted octanol–water partition coefficient (Wildman–Crippen LogP) is 3.10. The molecule has 0 amide bonds. The highest BCUT2D eigenvalue weighted by atomic mass is 19.1. The zero-order valence-electron chi connectivity index (χ0n) is 19.9. The number of nitrogens with zero attached hydrogens (tertiary/aromatic N) is 5. The average molecular weight is 496 g/mol. The molecule has 188 valence electrons. The molecule has 1 aliphatic rings. The second-order valence-corrected chi connectivity index (χ2v) is 9.06. The van der Waals surface area contributed by atoms with Gasteiger partial charge in [-0.25, -0.2) is 13.8 Å². The minimum absolute atomic E-state index is 0.00804. The number of halogens is 2. The SMILES string of the molecule is COCc1cc(F)c(-c2ccc3cnc(Nc4cnccc4N4C[C@@H](N)[C@H](O)[C@@H](C)C4)n3n2)c(F)c1. The Balaban J connectivity index is 1.49. The molecule has 1 fully saturated rings. The second kappa shape index (κ2) is 9.76. The van der Waals surface area contributed by atoms with E-state index >= 15 is 0 Å². The van der Waals surface area contributed by atoms with Gasteiger partial charge in [0.2, 0.25) is 5.95 Å². The van der Waals surface area contributed by atoms with Gasteiger partial charge in [-0.2, -0.15) is 9.61 Å². The number of benzene rings is 1. The fraction of sp³-hybridized carbons (Fsp3) is 0.320. The molecule has 1 aromatic carbocycles. The largest absolute Gasteiger partial charge is 0.391 e. The standard InChI is InChI=1S/C25H27F2N7O2/c1-14-11-33(12-19(28)24(14)35)22-5-6-29-10-21(22)31-25-30-9-16-3-4-20(32-34(16)25)23-17(26)7-15(13-36-2)8-18(23)27/h3-10,14,19,24,35H,11-13,28H2,1-2H3,(H,30,31)/t14-,19+,24+/m0/s1. The van der Waals surface area contributed by atoms with E-state index in [4.69, 9.17) is 10.5 Å². The van der Waals surface area contributed by atoms with Gasteiger partial charge in [0, 0.05) is 38.4 Å². The van der Waals surface area contributed by atoms with Crippen LogP contribution in [0.2, 0.25) is 0 Å². The number of imidazole rings is 1. The first-order chi connectivity index (χ1) is 17.4. The molecule has 4 N–H and O–H groups in total. The number of aliphatic hydroxyl groups excluding tert-OH is 1. The van der Waals surface area contributed by atoms with Crippen molar-refractivity contribution in [2.24, 2.45) is 11.7 Å². The first-order valence-electron chi connectivity index (χ1n) is 11.6. The molecule has 9 nitrogen and oxygen atoms in total. The molecular formula is C25H27F2N7O2. The van der Waals surface area contributed by atoms with Crippen LogP contribution >= 0.6 is 0 Å². The quantitative estimate of drug-likeness (QED) is 0.374. The van der Waals surface area contributed by atoms with Crippen molar-refractivity contribution < 1.29 is 18.6 Å². The number of anilines is 3. The highest BCUT2D eigenvalue weighted by Crippen LogP contribution is 2.32. The van der Waals surface area contributed by atoms with Gasteiger partial charge >= 0.3 is 0 Å². The van der Waals surface area contributed by atoms with Crippen molar-refractivity contribution in [1.29, 1.82) is 0 Å². The van der Waals surface area contributed by atoms with Gasteiger partial charge in [0.15, 0.2) is 0 Å². The highest BCUT2D eigenvalue weighted by Gasteiger charge is 2.32. The van der Waals surface area contributed by atoms with E-state index in [1.54, 1.807) is 30.7 Å². The number of methoxy groups -OCH3 is 1. The number of hydrogen-bond donors (Lipinski definition) is 3. The average Bonchev–Trinajstić information content (AvgIpc) is 3.24. The van der Waals surface area contributed by atoms with Gasteiger partial charge in [0.1, 0.15) is 11.6 Å². The third-order valence-electron chi connectivity index (χ3n) is 6.40. The maximum atomic E-state index is 14.8. The number of nitrogens with one attached hydrogen (secondary N) is 1. The van der Waals surface area contributed by atoms with Gasteiger partial charge in [-0.05, 0) is 35.9 Å². The first kappa shape index (κ1) is 24.0. The number of aromatic nitrogens is 4. The van der Waals surface area contributed by atoms with Crippen LogP contribution in [0.15, 0.2) is 48.9 Å². The Morgan fingerprint density at radius 1 is 1.17 bits per heavy atom. The van der Waals surface area contributed by atoms with Gasteiger partial charge in [-0.15, -0.1) is 0 Å². The Kier molecular flexibility index (Phi) is 6.52. The van der Waals surface area contributed by atoms with Crippen LogP contribution in [0.5, 0.6) is 0 Å². The molecular weight excluding hydrogens is 468 g/mol. The Labute approximate surface area is 206 Å². The third-order valence-corrected chi connectivity index (χ3v) is 6.40. The maximum Gasteiger partial charge on any atom is 0.229 e. The number of aliphatic hydroxyl groups is 1. The Hall–Kier alpha value is -3.67. The van der Waals surface area contributed by atoms with Crippen molar-refractivity contribution in [2.45, 2.75) is 25.7 Å². The Bertz CT molecular complexity index is 1360. The van der Waals surface area contributed by atoms with Gasteiger partial charge < -0.3 is 25.8 Å². The number of pyridine rings is 1. The zero-order valence-corrected chi connectivity index (χ0v) is 19.9. The lowest BCUT2D eigenvalue weighted by Crippen LogP contribution is -2.55. The van der Waals surface area contributed by atoms with Crippen molar-refractivity contribution >= 4 is 22.8 Å². The zero-order chi connectivity index (χ0) is 25.4. The summed E-state index contributed by atoms with van der Waals surface area (Å²) < 4.78 is 36.1. The monoisotopic (exact) mass is 495 g/mol. The molecule has 0 bridgehead atoms. The summed E-state index contributed by atoms with van der Waals surface area (Å²) >= 11 is 0. The van der Waals surface area contributed by atoms with Crippen LogP contribution in [-0.2, 0) is 11.3 Å². The molecule has 0 saturated carbocycles. The fourth-order valence-electron chi connectivity index (χ4n) is 4.61. The van der Waals surface area contributed by atoms with E-state index in [0.29, 0.717) is 35.8 Å². The lowest BCUT2D eigenvalue weighted by atomic mass is 9.92. The van der Waals surface area contributed by atoms with Gasteiger partial charge in [-0.1, -0.05) is 6.92 Å². The maximum absolute atomic E-state index is 14.8. The first-order valence-corrected chi connectivity index (χ1v) is 11.6. The molecule has 0 unspecified atom stereocenters. The van der Waals surface area contributed by atoms with E-state index in [2.05, 4.69) is 25.3 Å². The van der Waals surface area contributed by atoms with E-state index in [0.717, 1.165) is 5.69 Å². The molecule has 3 atom stereocenters. The normalized spacial score (nSPS) is 20.2. The summed E-state index contributed by atoms with van der Waals surface area (Å²) in [7, 11) is 1.46. The van der Waals surface area contributed by atoms with Gasteiger partial charge in [0.25, 0.3) is 0 Å². The molecule has 0 radical (unpaired) electrons. The molecule has 0 aliphatic carbocycles. The molecule has 3 aromatic heterocycles. The number of hydrogen-bond acceptors (Lipinski definition) is 8. The highest BCUT2D eigenvalue weighted by molar-refractivity contribution is 5.74. The van der Waals surface area contributed by atoms with E-state index in [-0.39, 0.29) is 29.8 Å². The van der Waals surface area contributed by atoms with E-state index in [1.165, 1.54) is 23.8 Å². The van der Waals surface area contributed by atoms with Gasteiger partial charge in [0.05, 0.1) is 53.3 Å². The van der Waals surface area contributed by atoms with Crippen LogP contribution in [0.3, 0.4) is 0 Å². The minimum Gasteiger partial charge on any atom is -0.391 e. The molecule has 4 aromatic rings. The Morgan fingerprint density at radius 2 is 1.94 bits per heavy atom. The number of piperidine rings is 1. The van der Waals surface area contributed by atoms with Crippen molar-refractivity contribution in [3.05, 3.63) is 66.1 Å². The predicted molar refractivity (Wildman–Crippen MR) is 132 cm³/mol. The summed E-state index contributed by atoms with van der Waals surface area (Å²) in [6.45, 7) is 3.16. The number of fused-ring (bicyclic) bond motifs is 1. The summed E-state index contributed by atoms with van der Waals surface area (Å²) in [5, 5.41) is 18.0. The lowest BCUT2D eigenvalue weighted by molar-refractivity contribution is 0.0785. The molecule has 1 aliphatic heterocycles. The van der Waals surface area contributed by atoms with Crippen LogP contribution in [-0.4, -0.2) is 57.0 Å². The molecule has 11 heteroatoms. The third kappa shape index (κ3) is 4.48. The Morgan fingerprint density at radius 3 is 2.67 bits per heavy atom. The summed E-state index contributed by atoms with van der Waals surface area (Å²) in [6, 6.07) is 7.20. The van der Waals surface area contributed by atoms with Crippen molar-refractivity contribution in [3.8, 4) is 11.3 Å². The van der Waals surface area contributed by atoms with Crippen LogP contribution in [0.1, 0.15) is 12.5 Å². The van der Waals surface area contributed by atoms with E-state index < -0.39 is 17.7 Å². The minimum atomic E-state index is -0.726. The summed E-state index contributed by atoms with van der Waals surface area (Å²) in [5.74, 6) is -1.11. The summed E-state index contributed by atoms with van der Waals surface area (Å²) in [4.78, 5) is 10.7. The summed E-state index contributed by atoms with van der Waals surface area (Å²) in [6.07, 6.45) is 4.39. The van der Waals surface area contributed by atoms with Crippen molar-refractivity contribution in [3.63, 3.8) is 0 Å². The van der Waals surface area contributed by atoms with E-state index in [1.807, 2.05) is 13.0 Å². The van der Waals surface area contributed by atoms with Crippen molar-refractivity contribution in [2.75, 3.05) is 30.4 Å². The van der Waals surface area contributed by atoms with E-state index in [9.17, 15) is 13.9 Å². The second-order valence-electron chi connectivity index (χ2n) is 9.06. The van der Waals surface area contributed by atoms with Crippen molar-refractivity contribution in [1.82, 2.24) is 19.6 Å². The van der Waals surface area contributed by atoms with Crippen LogP contribution in [0.25, 0.3) is 16.8 Å². The van der Waals surface area contributed by atoms with Gasteiger partial charge in [-0.3, -0.25) is 4.98 Å². The molecule has 36 heavy (non-hydrogen) atoms. The molecule has 4 heterocycles. The number of rotatable bonds is 6. The summed E-state index contributed by atoms with van der Waals surface area (Å²) in [5.41, 5.74) is 8.59. The number of ether oxygens (including phenoxy) is 1.